The second-order valence-corrected chi connectivity index (χ2v) is 4.54. The van der Waals surface area contributed by atoms with Crippen molar-refractivity contribution >= 4 is 5.90 Å². The van der Waals surface area contributed by atoms with Crippen LogP contribution < -0.4 is 5.32 Å². The second-order valence-electron chi connectivity index (χ2n) is 4.54. The van der Waals surface area contributed by atoms with Gasteiger partial charge in [-0.25, -0.2) is 4.99 Å². The molecular weight excluding hydrogens is 216 g/mol. The fourth-order valence-corrected chi connectivity index (χ4v) is 2.39. The molecule has 1 fully saturated rings. The van der Waals surface area contributed by atoms with Gasteiger partial charge >= 0.3 is 0 Å². The Bertz CT molecular complexity index is 445. The first-order chi connectivity index (χ1) is 8.33. The fourth-order valence-electron chi connectivity index (χ4n) is 2.39. The van der Waals surface area contributed by atoms with Gasteiger partial charge in [-0.3, -0.25) is 0 Å². The van der Waals surface area contributed by atoms with E-state index in [1.165, 1.54) is 0 Å². The van der Waals surface area contributed by atoms with Crippen molar-refractivity contribution in [2.75, 3.05) is 13.1 Å². The molecule has 0 bridgehead atoms. The topological polar surface area (TPSA) is 53.9 Å². The van der Waals surface area contributed by atoms with E-state index in [0.29, 0.717) is 12.2 Å². The van der Waals surface area contributed by atoms with Crippen molar-refractivity contribution in [1.82, 2.24) is 5.32 Å². The molecule has 2 aliphatic rings. The molecular formula is C13H16N2O2. The van der Waals surface area contributed by atoms with E-state index < -0.39 is 0 Å². The summed E-state index contributed by atoms with van der Waals surface area (Å²) in [5.41, 5.74) is 0.873. The number of rotatable bonds is 2. The van der Waals surface area contributed by atoms with E-state index in [-0.39, 0.29) is 12.1 Å². The Morgan fingerprint density at radius 1 is 1.41 bits per heavy atom. The normalized spacial score (nSPS) is 27.2. The van der Waals surface area contributed by atoms with Gasteiger partial charge in [-0.05, 0) is 19.0 Å². The van der Waals surface area contributed by atoms with Crippen molar-refractivity contribution in [1.29, 1.82) is 0 Å². The van der Waals surface area contributed by atoms with Gasteiger partial charge in [-0.2, -0.15) is 0 Å². The van der Waals surface area contributed by atoms with Crippen LogP contribution >= 0.6 is 0 Å². The van der Waals surface area contributed by atoms with Crippen molar-refractivity contribution in [3.05, 3.63) is 29.8 Å². The Morgan fingerprint density at radius 2 is 2.29 bits per heavy atom. The number of para-hydroxylation sites is 1. The Hall–Kier alpha value is -1.55. The largest absolute Gasteiger partial charge is 0.508 e. The van der Waals surface area contributed by atoms with Crippen LogP contribution in [0.4, 0.5) is 0 Å². The lowest BCUT2D eigenvalue weighted by atomic mass is 10.1. The van der Waals surface area contributed by atoms with Crippen LogP contribution in [0.2, 0.25) is 0 Å². The molecule has 2 heterocycles. The van der Waals surface area contributed by atoms with Crippen LogP contribution in [0.15, 0.2) is 29.3 Å². The zero-order chi connectivity index (χ0) is 11.7. The minimum atomic E-state index is 0.233. The molecule has 1 saturated heterocycles. The van der Waals surface area contributed by atoms with Crippen molar-refractivity contribution in [3.8, 4) is 5.75 Å². The first-order valence-electron chi connectivity index (χ1n) is 6.04. The molecule has 0 amide bonds. The quantitative estimate of drug-likeness (QED) is 0.802. The monoisotopic (exact) mass is 232 g/mol. The molecule has 4 heteroatoms. The van der Waals surface area contributed by atoms with Crippen molar-refractivity contribution < 1.29 is 9.84 Å². The highest BCUT2D eigenvalue weighted by Gasteiger charge is 2.32. The van der Waals surface area contributed by atoms with Gasteiger partial charge in [0.2, 0.25) is 0 Å². The molecule has 3 rings (SSSR count). The minimum absolute atomic E-state index is 0.233. The number of phenols is 1. The number of phenolic OH excluding ortho intramolecular Hbond substituents is 1. The van der Waals surface area contributed by atoms with Gasteiger partial charge in [0.25, 0.3) is 0 Å². The maximum atomic E-state index is 9.71. The van der Waals surface area contributed by atoms with Crippen molar-refractivity contribution in [2.45, 2.75) is 25.0 Å². The molecule has 90 valence electrons. The molecule has 0 aliphatic carbocycles. The number of ether oxygens (including phenoxy) is 1. The maximum Gasteiger partial charge on any atom is 0.188 e. The van der Waals surface area contributed by atoms with Crippen LogP contribution in [0.1, 0.15) is 12.0 Å². The van der Waals surface area contributed by atoms with Crippen LogP contribution in [0, 0.1) is 0 Å². The Morgan fingerprint density at radius 3 is 3.12 bits per heavy atom. The summed E-state index contributed by atoms with van der Waals surface area (Å²) < 4.78 is 5.82. The Kier molecular flexibility index (Phi) is 2.73. The summed E-state index contributed by atoms with van der Waals surface area (Å²) in [4.78, 5) is 4.57. The zero-order valence-corrected chi connectivity index (χ0v) is 9.60. The summed E-state index contributed by atoms with van der Waals surface area (Å²) in [5.74, 6) is 1.07. The van der Waals surface area contributed by atoms with E-state index in [4.69, 9.17) is 4.74 Å². The molecule has 2 N–H and O–H groups in total. The predicted octanol–water partition coefficient (Wildman–Crippen LogP) is 1.09. The number of nitrogens with zero attached hydrogens (tertiary/aromatic N) is 1. The Balaban J connectivity index is 1.72. The first-order valence-corrected chi connectivity index (χ1v) is 6.04. The lowest BCUT2D eigenvalue weighted by Gasteiger charge is -2.23. The van der Waals surface area contributed by atoms with E-state index in [1.807, 2.05) is 18.2 Å². The lowest BCUT2D eigenvalue weighted by molar-refractivity contribution is 0.158. The third-order valence-corrected chi connectivity index (χ3v) is 3.32. The van der Waals surface area contributed by atoms with Gasteiger partial charge in [0.05, 0.1) is 6.42 Å². The number of aliphatic imine (C=N–C) groups is 1. The minimum Gasteiger partial charge on any atom is -0.508 e. The summed E-state index contributed by atoms with van der Waals surface area (Å²) in [6.07, 6.45) is 1.83. The van der Waals surface area contributed by atoms with Gasteiger partial charge < -0.3 is 15.2 Å². The van der Waals surface area contributed by atoms with Crippen molar-refractivity contribution in [2.24, 2.45) is 4.99 Å². The van der Waals surface area contributed by atoms with E-state index in [0.717, 1.165) is 31.0 Å². The van der Waals surface area contributed by atoms with E-state index in [2.05, 4.69) is 10.3 Å². The molecule has 2 atom stereocenters. The zero-order valence-electron chi connectivity index (χ0n) is 9.60. The summed E-state index contributed by atoms with van der Waals surface area (Å²) in [7, 11) is 0. The number of benzene rings is 1. The van der Waals surface area contributed by atoms with Gasteiger partial charge in [-0.15, -0.1) is 0 Å². The highest BCUT2D eigenvalue weighted by atomic mass is 16.5. The molecule has 4 nitrogen and oxygen atoms in total. The van der Waals surface area contributed by atoms with Crippen LogP contribution in [-0.4, -0.2) is 36.2 Å². The number of piperidine rings is 1. The van der Waals surface area contributed by atoms with Gasteiger partial charge in [0, 0.05) is 12.1 Å². The van der Waals surface area contributed by atoms with Crippen LogP contribution in [-0.2, 0) is 11.2 Å². The molecule has 2 unspecified atom stereocenters. The maximum absolute atomic E-state index is 9.71. The van der Waals surface area contributed by atoms with E-state index >= 15 is 0 Å². The SMILES string of the molecule is Oc1ccccc1CC1=NC2CNCCC2O1. The summed E-state index contributed by atoms with van der Waals surface area (Å²) in [5, 5.41) is 13.0. The van der Waals surface area contributed by atoms with Crippen LogP contribution in [0.25, 0.3) is 0 Å². The number of aromatic hydroxyl groups is 1. The van der Waals surface area contributed by atoms with E-state index in [1.54, 1.807) is 6.07 Å². The molecule has 0 radical (unpaired) electrons. The third kappa shape index (κ3) is 2.13. The predicted molar refractivity (Wildman–Crippen MR) is 65.4 cm³/mol. The first kappa shape index (κ1) is 10.6. The average Bonchev–Trinajstić information content (AvgIpc) is 2.74. The fraction of sp³-hybridized carbons (Fsp3) is 0.462. The van der Waals surface area contributed by atoms with Gasteiger partial charge in [-0.1, -0.05) is 18.2 Å². The highest BCUT2D eigenvalue weighted by Crippen LogP contribution is 2.23. The third-order valence-electron chi connectivity index (χ3n) is 3.32. The summed E-state index contributed by atoms with van der Waals surface area (Å²) in [6.45, 7) is 1.90. The molecule has 1 aromatic rings. The highest BCUT2D eigenvalue weighted by molar-refractivity contribution is 5.81. The second kappa shape index (κ2) is 4.37. The number of fused-ring (bicyclic) bond motifs is 1. The van der Waals surface area contributed by atoms with Crippen molar-refractivity contribution in [3.63, 3.8) is 0 Å². The molecule has 0 spiro atoms. The molecule has 1 aromatic carbocycles. The Labute approximate surface area is 100 Å². The van der Waals surface area contributed by atoms with E-state index in [9.17, 15) is 5.11 Å². The van der Waals surface area contributed by atoms with Gasteiger partial charge in [0.1, 0.15) is 17.9 Å². The smallest absolute Gasteiger partial charge is 0.188 e. The lowest BCUT2D eigenvalue weighted by Crippen LogP contribution is -2.41. The molecule has 0 saturated carbocycles. The summed E-state index contributed by atoms with van der Waals surface area (Å²) in [6, 6.07) is 7.59. The average molecular weight is 232 g/mol. The van der Waals surface area contributed by atoms with Gasteiger partial charge in [0.15, 0.2) is 5.90 Å². The standard InChI is InChI=1S/C13H16N2O2/c16-11-4-2-1-3-9(11)7-13-15-10-8-14-6-5-12(10)17-13/h1-4,10,12,14,16H,5-8H2. The summed E-state index contributed by atoms with van der Waals surface area (Å²) >= 11 is 0. The molecule has 2 aliphatic heterocycles. The molecule has 17 heavy (non-hydrogen) atoms. The number of hydrogen-bond acceptors (Lipinski definition) is 4. The number of nitrogens with one attached hydrogen (secondary N) is 1. The van der Waals surface area contributed by atoms with Crippen LogP contribution in [0.5, 0.6) is 5.75 Å². The van der Waals surface area contributed by atoms with Crippen LogP contribution in [0.3, 0.4) is 0 Å². The molecule has 0 aromatic heterocycles. The number of hydrogen-bond donors (Lipinski definition) is 2.